The van der Waals surface area contributed by atoms with Crippen molar-refractivity contribution in [3.8, 4) is 0 Å². The Bertz CT molecular complexity index is 401. The van der Waals surface area contributed by atoms with E-state index in [1.54, 1.807) is 16.9 Å². The molecule has 1 aromatic heterocycles. The van der Waals surface area contributed by atoms with Gasteiger partial charge in [-0.1, -0.05) is 0 Å². The first kappa shape index (κ1) is 11.1. The van der Waals surface area contributed by atoms with Crippen molar-refractivity contribution < 1.29 is 19.4 Å². The van der Waals surface area contributed by atoms with E-state index in [1.807, 2.05) is 19.9 Å². The van der Waals surface area contributed by atoms with Crippen molar-refractivity contribution in [1.82, 2.24) is 9.78 Å². The first-order chi connectivity index (χ1) is 6.52. The number of hydrogen-bond donors (Lipinski definition) is 1. The summed E-state index contributed by atoms with van der Waals surface area (Å²) in [6.07, 6.45) is 3.73. The number of aromatic nitrogens is 2. The predicted octanol–water partition coefficient (Wildman–Crippen LogP) is 1.51. The molecule has 0 fully saturated rings. The average molecular weight is 359 g/mol. The van der Waals surface area contributed by atoms with Gasteiger partial charge in [0.15, 0.2) is 0 Å². The van der Waals surface area contributed by atoms with E-state index in [9.17, 15) is 0 Å². The summed E-state index contributed by atoms with van der Waals surface area (Å²) in [6, 6.07) is 1.79. The molecule has 0 saturated heterocycles. The molecule has 2 N–H and O–H groups in total. The van der Waals surface area contributed by atoms with Crippen LogP contribution in [-0.4, -0.2) is 13.8 Å². The van der Waals surface area contributed by atoms with Crippen LogP contribution in [0.15, 0.2) is 36.1 Å². The first-order valence-electron chi connectivity index (χ1n) is 4.20. The van der Waals surface area contributed by atoms with E-state index in [-0.39, 0.29) is 0 Å². The van der Waals surface area contributed by atoms with Gasteiger partial charge >= 0.3 is 94.6 Å². The molecule has 1 rings (SSSR count). The van der Waals surface area contributed by atoms with Crippen molar-refractivity contribution in [3.05, 3.63) is 36.1 Å². The van der Waals surface area contributed by atoms with Gasteiger partial charge in [-0.25, -0.2) is 0 Å². The van der Waals surface area contributed by atoms with Crippen molar-refractivity contribution in [2.45, 2.75) is 13.8 Å². The molecular weight excluding hydrogens is 346 g/mol. The zero-order valence-corrected chi connectivity index (χ0v) is 11.3. The van der Waals surface area contributed by atoms with Gasteiger partial charge in [0.25, 0.3) is 0 Å². The van der Waals surface area contributed by atoms with Gasteiger partial charge in [0, 0.05) is 0 Å². The molecule has 0 unspecified atom stereocenters. The summed E-state index contributed by atoms with van der Waals surface area (Å²) in [5, 5.41) is 4.15. The van der Waals surface area contributed by atoms with Crippen LogP contribution in [0.2, 0.25) is 0 Å². The summed E-state index contributed by atoms with van der Waals surface area (Å²) in [5.41, 5.74) is 7.94. The van der Waals surface area contributed by atoms with Gasteiger partial charge in [-0.05, 0) is 0 Å². The molecule has 0 aliphatic carbocycles. The SMILES string of the molecule is C=C(C)/C=C(/C)[C](=[W])n1nccc1N. The van der Waals surface area contributed by atoms with E-state index < -0.39 is 0 Å². The average Bonchev–Trinajstić information content (AvgIpc) is 2.48. The molecule has 0 radical (unpaired) electrons. The Balaban J connectivity index is 2.97. The second-order valence-corrected chi connectivity index (χ2v) is 4.54. The van der Waals surface area contributed by atoms with Gasteiger partial charge in [0.05, 0.1) is 0 Å². The molecule has 14 heavy (non-hydrogen) atoms. The number of anilines is 1. The van der Waals surface area contributed by atoms with Crippen LogP contribution >= 0.6 is 0 Å². The van der Waals surface area contributed by atoms with Crippen LogP contribution in [0.25, 0.3) is 0 Å². The second-order valence-electron chi connectivity index (χ2n) is 3.15. The third kappa shape index (κ3) is 2.52. The van der Waals surface area contributed by atoms with Crippen LogP contribution in [0.5, 0.6) is 0 Å². The zero-order chi connectivity index (χ0) is 10.7. The summed E-state index contributed by atoms with van der Waals surface area (Å²) in [5.74, 6) is 0.671. The van der Waals surface area contributed by atoms with Crippen LogP contribution in [0.4, 0.5) is 5.82 Å². The molecule has 0 aromatic carbocycles. The summed E-state index contributed by atoms with van der Waals surface area (Å²) in [7, 11) is 0. The second kappa shape index (κ2) is 4.51. The molecule has 0 amide bonds. The van der Waals surface area contributed by atoms with Crippen molar-refractivity contribution in [2.24, 2.45) is 0 Å². The third-order valence-electron chi connectivity index (χ3n) is 1.66. The van der Waals surface area contributed by atoms with Gasteiger partial charge in [0.1, 0.15) is 0 Å². The van der Waals surface area contributed by atoms with Gasteiger partial charge < -0.3 is 0 Å². The van der Waals surface area contributed by atoms with E-state index in [2.05, 4.69) is 11.7 Å². The Morgan fingerprint density at radius 1 is 1.64 bits per heavy atom. The fourth-order valence-electron chi connectivity index (χ4n) is 1.08. The fourth-order valence-corrected chi connectivity index (χ4v) is 1.84. The number of rotatable bonds is 3. The first-order valence-corrected chi connectivity index (χ1v) is 5.67. The Morgan fingerprint density at radius 2 is 2.29 bits per heavy atom. The number of allylic oxidation sites excluding steroid dienone is 3. The topological polar surface area (TPSA) is 43.8 Å². The number of nitrogens with zero attached hydrogens (tertiary/aromatic N) is 2. The van der Waals surface area contributed by atoms with Gasteiger partial charge in [0.2, 0.25) is 0 Å². The molecule has 0 bridgehead atoms. The van der Waals surface area contributed by atoms with Crippen LogP contribution < -0.4 is 5.73 Å². The maximum absolute atomic E-state index is 5.75. The molecule has 3 nitrogen and oxygen atoms in total. The zero-order valence-electron chi connectivity index (χ0n) is 8.32. The Kier molecular flexibility index (Phi) is 3.59. The van der Waals surface area contributed by atoms with Crippen molar-refractivity contribution >= 4 is 9.84 Å². The molecule has 0 spiro atoms. The van der Waals surface area contributed by atoms with Crippen molar-refractivity contribution in [2.75, 3.05) is 5.73 Å². The number of hydrogen-bond acceptors (Lipinski definition) is 2. The van der Waals surface area contributed by atoms with Gasteiger partial charge in [-0.3, -0.25) is 0 Å². The summed E-state index contributed by atoms with van der Waals surface area (Å²) >= 11 is 1.34. The summed E-state index contributed by atoms with van der Waals surface area (Å²) in [6.45, 7) is 7.85. The van der Waals surface area contributed by atoms with Crippen LogP contribution in [0, 0.1) is 0 Å². The summed E-state index contributed by atoms with van der Waals surface area (Å²) < 4.78 is 2.86. The number of nitrogen functional groups attached to an aromatic ring is 1. The molecular formula is C10H13N3W. The van der Waals surface area contributed by atoms with Crippen molar-refractivity contribution in [1.29, 1.82) is 0 Å². The molecule has 0 aliphatic heterocycles. The molecule has 1 aromatic rings. The van der Waals surface area contributed by atoms with E-state index >= 15 is 0 Å². The predicted molar refractivity (Wildman–Crippen MR) is 55.6 cm³/mol. The normalized spacial score (nSPS) is 11.4. The third-order valence-corrected chi connectivity index (χ3v) is 3.44. The van der Waals surface area contributed by atoms with Crippen LogP contribution in [0.1, 0.15) is 13.8 Å². The molecule has 0 aliphatic rings. The minimum absolute atomic E-state index is 0.671. The quantitative estimate of drug-likeness (QED) is 0.832. The minimum atomic E-state index is 0.671. The molecule has 0 saturated carbocycles. The van der Waals surface area contributed by atoms with Crippen LogP contribution in [-0.2, 0) is 19.4 Å². The van der Waals surface area contributed by atoms with Gasteiger partial charge in [-0.2, -0.15) is 0 Å². The Labute approximate surface area is 94.7 Å². The van der Waals surface area contributed by atoms with E-state index in [0.29, 0.717) is 5.82 Å². The Morgan fingerprint density at radius 3 is 2.71 bits per heavy atom. The van der Waals surface area contributed by atoms with E-state index in [0.717, 1.165) is 15.2 Å². The molecule has 1 heterocycles. The maximum atomic E-state index is 5.75. The van der Waals surface area contributed by atoms with E-state index in [1.165, 1.54) is 19.4 Å². The summed E-state index contributed by atoms with van der Waals surface area (Å²) in [4.78, 5) is 0. The van der Waals surface area contributed by atoms with Gasteiger partial charge in [-0.15, -0.1) is 0 Å². The monoisotopic (exact) mass is 359 g/mol. The molecule has 0 atom stereocenters. The standard InChI is InChI=1S/C10H13N3.W/c1-8(2)6-9(3)7-13-10(11)4-5-12-13;/h4-6H,1,11H2,2-3H3;/b9-6-;. The number of nitrogens with two attached hydrogens (primary N) is 1. The fraction of sp³-hybridized carbons (Fsp3) is 0.200. The van der Waals surface area contributed by atoms with Crippen molar-refractivity contribution in [3.63, 3.8) is 0 Å². The Hall–Kier alpha value is -0.952. The molecule has 4 heteroatoms. The molecule has 74 valence electrons. The van der Waals surface area contributed by atoms with Crippen LogP contribution in [0.3, 0.4) is 0 Å². The van der Waals surface area contributed by atoms with E-state index in [4.69, 9.17) is 5.73 Å².